The van der Waals surface area contributed by atoms with Gasteiger partial charge in [0.15, 0.2) is 0 Å². The van der Waals surface area contributed by atoms with E-state index in [1.807, 2.05) is 0 Å². The average Bonchev–Trinajstić information content (AvgIpc) is 3.26. The third-order valence-electron chi connectivity index (χ3n) is 9.45. The number of esters is 1. The highest BCUT2D eigenvalue weighted by Gasteiger charge is 2.26. The Balaban J connectivity index is 4.21. The molecule has 10 heteroatoms. The average molecular weight is 887 g/mol. The molecule has 0 aromatic carbocycles. The summed E-state index contributed by atoms with van der Waals surface area (Å²) in [6.45, 7) is 3.21. The SMILES string of the molecule is CC/C=C\C/C=C\C/C=C\C/C=C\C/C=C\C/C=C\CCCCCCCOCC(COP(=O)(O)OCC(O)CO)OC(=O)CCCCCCCCC/C=C\C/C=C\C/C=C\CC. The number of phosphoric acid groups is 1. The third-order valence-corrected chi connectivity index (χ3v) is 10.4. The van der Waals surface area contributed by atoms with Crippen LogP contribution in [0.3, 0.4) is 0 Å². The lowest BCUT2D eigenvalue weighted by molar-refractivity contribution is -0.154. The topological polar surface area (TPSA) is 132 Å². The lowest BCUT2D eigenvalue weighted by Crippen LogP contribution is -2.29. The molecule has 0 radical (unpaired) electrons. The van der Waals surface area contributed by atoms with Crippen LogP contribution < -0.4 is 0 Å². The van der Waals surface area contributed by atoms with Crippen molar-refractivity contribution < 1.29 is 43.0 Å². The molecule has 354 valence electrons. The fraction of sp³-hybridized carbons (Fsp3) is 0.635. The molecule has 0 aliphatic carbocycles. The van der Waals surface area contributed by atoms with Crippen LogP contribution in [0.1, 0.15) is 168 Å². The fourth-order valence-corrected chi connectivity index (χ4v) is 6.69. The van der Waals surface area contributed by atoms with Crippen LogP contribution >= 0.6 is 7.82 Å². The number of ether oxygens (including phenoxy) is 2. The number of allylic oxidation sites excluding steroid dienone is 18. The summed E-state index contributed by atoms with van der Waals surface area (Å²) < 4.78 is 33.4. The number of phosphoric ester groups is 1. The molecule has 62 heavy (non-hydrogen) atoms. The van der Waals surface area contributed by atoms with Gasteiger partial charge < -0.3 is 24.6 Å². The number of rotatable bonds is 44. The van der Waals surface area contributed by atoms with Gasteiger partial charge in [-0.1, -0.05) is 175 Å². The highest BCUT2D eigenvalue weighted by molar-refractivity contribution is 7.47. The van der Waals surface area contributed by atoms with Crippen LogP contribution in [-0.2, 0) is 27.9 Å². The molecular weight excluding hydrogens is 800 g/mol. The fourth-order valence-electron chi connectivity index (χ4n) is 5.90. The van der Waals surface area contributed by atoms with E-state index in [1.54, 1.807) is 0 Å². The first-order chi connectivity index (χ1) is 30.3. The maximum absolute atomic E-state index is 12.7. The van der Waals surface area contributed by atoms with Crippen molar-refractivity contribution in [3.05, 3.63) is 109 Å². The van der Waals surface area contributed by atoms with Crippen LogP contribution in [0.2, 0.25) is 0 Å². The summed E-state index contributed by atoms with van der Waals surface area (Å²) in [6.07, 6.45) is 61.9. The second kappa shape index (κ2) is 47.6. The standard InChI is InChI=1S/C52H87O9P/c1-3-5-7-9-11-13-15-17-19-21-22-23-24-25-26-27-29-31-33-35-37-39-41-43-45-58-48-51(49-60-62(56,57)59-47-50(54)46-53)61-52(55)44-42-40-38-36-34-32-30-28-20-18-16-14-12-10-8-6-4-2/h5-8,11-14,17-20,22-23,25-26,29,31,50-51,53-54H,3-4,9-10,15-16,21,24,27-28,30,32-49H2,1-2H3,(H,56,57)/b7-5-,8-6-,13-11-,14-12-,19-17-,20-18-,23-22-,26-25-,31-29-. The van der Waals surface area contributed by atoms with Crippen molar-refractivity contribution >= 4 is 13.8 Å². The van der Waals surface area contributed by atoms with Gasteiger partial charge in [0, 0.05) is 13.0 Å². The minimum Gasteiger partial charge on any atom is -0.457 e. The van der Waals surface area contributed by atoms with Crippen LogP contribution in [0.5, 0.6) is 0 Å². The van der Waals surface area contributed by atoms with E-state index in [2.05, 4.69) is 123 Å². The van der Waals surface area contributed by atoms with E-state index in [0.717, 1.165) is 122 Å². The zero-order chi connectivity index (χ0) is 45.3. The maximum Gasteiger partial charge on any atom is 0.472 e. The summed E-state index contributed by atoms with van der Waals surface area (Å²) in [5.74, 6) is -0.405. The molecule has 0 aromatic heterocycles. The molecule has 0 rings (SSSR count). The smallest absolute Gasteiger partial charge is 0.457 e. The van der Waals surface area contributed by atoms with Gasteiger partial charge >= 0.3 is 13.8 Å². The lowest BCUT2D eigenvalue weighted by Gasteiger charge is -2.20. The molecule has 0 amide bonds. The molecule has 3 N–H and O–H groups in total. The van der Waals surface area contributed by atoms with Gasteiger partial charge in [-0.3, -0.25) is 13.8 Å². The second-order valence-electron chi connectivity index (χ2n) is 15.4. The Morgan fingerprint density at radius 1 is 0.500 bits per heavy atom. The highest BCUT2D eigenvalue weighted by atomic mass is 31.2. The maximum atomic E-state index is 12.7. The summed E-state index contributed by atoms with van der Waals surface area (Å²) >= 11 is 0. The molecule has 0 saturated carbocycles. The molecule has 0 fully saturated rings. The van der Waals surface area contributed by atoms with Gasteiger partial charge in [0.05, 0.1) is 26.4 Å². The first-order valence-corrected chi connectivity index (χ1v) is 25.4. The van der Waals surface area contributed by atoms with Crippen molar-refractivity contribution in [2.24, 2.45) is 0 Å². The summed E-state index contributed by atoms with van der Waals surface area (Å²) in [5.41, 5.74) is 0. The van der Waals surface area contributed by atoms with Crippen LogP contribution in [0.15, 0.2) is 109 Å². The van der Waals surface area contributed by atoms with E-state index in [0.29, 0.717) is 13.0 Å². The monoisotopic (exact) mass is 887 g/mol. The molecule has 0 heterocycles. The van der Waals surface area contributed by atoms with E-state index in [4.69, 9.17) is 23.6 Å². The number of carbonyl (C=O) groups is 1. The van der Waals surface area contributed by atoms with E-state index in [-0.39, 0.29) is 13.0 Å². The molecule has 3 unspecified atom stereocenters. The van der Waals surface area contributed by atoms with Crippen molar-refractivity contribution in [2.45, 2.75) is 180 Å². The Bertz CT molecular complexity index is 1330. The zero-order valence-electron chi connectivity index (χ0n) is 38.8. The van der Waals surface area contributed by atoms with E-state index in [1.165, 1.54) is 19.3 Å². The van der Waals surface area contributed by atoms with Crippen molar-refractivity contribution in [2.75, 3.05) is 33.0 Å². The number of carbonyl (C=O) groups excluding carboxylic acids is 1. The van der Waals surface area contributed by atoms with Crippen LogP contribution in [0.25, 0.3) is 0 Å². The molecule has 0 spiro atoms. The predicted molar refractivity (Wildman–Crippen MR) is 260 cm³/mol. The van der Waals surface area contributed by atoms with Crippen LogP contribution in [0, 0.1) is 0 Å². The largest absolute Gasteiger partial charge is 0.472 e. The third kappa shape index (κ3) is 46.6. The number of unbranched alkanes of at least 4 members (excludes halogenated alkanes) is 12. The van der Waals surface area contributed by atoms with E-state index >= 15 is 0 Å². The first-order valence-electron chi connectivity index (χ1n) is 23.9. The van der Waals surface area contributed by atoms with Gasteiger partial charge in [0.25, 0.3) is 0 Å². The normalized spacial score (nSPS) is 14.9. The second-order valence-corrected chi connectivity index (χ2v) is 16.8. The number of hydrogen-bond donors (Lipinski definition) is 3. The van der Waals surface area contributed by atoms with Gasteiger partial charge in [0.1, 0.15) is 12.2 Å². The zero-order valence-corrected chi connectivity index (χ0v) is 39.7. The molecule has 0 aliphatic heterocycles. The van der Waals surface area contributed by atoms with Gasteiger partial charge in [-0.15, -0.1) is 0 Å². The van der Waals surface area contributed by atoms with Crippen LogP contribution in [0.4, 0.5) is 0 Å². The van der Waals surface area contributed by atoms with Crippen LogP contribution in [-0.4, -0.2) is 66.3 Å². The summed E-state index contributed by atoms with van der Waals surface area (Å²) in [5, 5.41) is 18.4. The van der Waals surface area contributed by atoms with Gasteiger partial charge in [-0.05, 0) is 96.3 Å². The quantitative estimate of drug-likeness (QED) is 0.0237. The number of hydrogen-bond acceptors (Lipinski definition) is 8. The Labute approximate surface area is 378 Å². The van der Waals surface area contributed by atoms with Gasteiger partial charge in [-0.25, -0.2) is 4.57 Å². The molecular formula is C52H87O9P. The molecule has 3 atom stereocenters. The number of aliphatic hydroxyl groups is 2. The highest BCUT2D eigenvalue weighted by Crippen LogP contribution is 2.43. The summed E-state index contributed by atoms with van der Waals surface area (Å²) in [4.78, 5) is 22.6. The van der Waals surface area contributed by atoms with E-state index < -0.39 is 45.8 Å². The molecule has 0 bridgehead atoms. The van der Waals surface area contributed by atoms with Crippen molar-refractivity contribution in [1.29, 1.82) is 0 Å². The molecule has 0 saturated heterocycles. The van der Waals surface area contributed by atoms with Crippen molar-refractivity contribution in [1.82, 2.24) is 0 Å². The molecule has 9 nitrogen and oxygen atoms in total. The Morgan fingerprint density at radius 3 is 1.31 bits per heavy atom. The van der Waals surface area contributed by atoms with Gasteiger partial charge in [0.2, 0.25) is 0 Å². The first kappa shape index (κ1) is 59.1. The Kier molecular flexibility index (Phi) is 45.4. The van der Waals surface area contributed by atoms with Gasteiger partial charge in [-0.2, -0.15) is 0 Å². The molecule has 0 aromatic rings. The lowest BCUT2D eigenvalue weighted by atomic mass is 10.1. The predicted octanol–water partition coefficient (Wildman–Crippen LogP) is 13.8. The number of aliphatic hydroxyl groups excluding tert-OH is 2. The summed E-state index contributed by atoms with van der Waals surface area (Å²) in [6, 6.07) is 0. The van der Waals surface area contributed by atoms with Crippen molar-refractivity contribution in [3.8, 4) is 0 Å². The molecule has 0 aliphatic rings. The Morgan fingerprint density at radius 2 is 0.871 bits per heavy atom. The minimum absolute atomic E-state index is 0.0240. The van der Waals surface area contributed by atoms with Crippen molar-refractivity contribution in [3.63, 3.8) is 0 Å². The minimum atomic E-state index is -4.54. The Hall–Kier alpha value is -2.88. The van der Waals surface area contributed by atoms with E-state index in [9.17, 15) is 19.4 Å². The summed E-state index contributed by atoms with van der Waals surface area (Å²) in [7, 11) is -4.54.